The molecule has 4 heteroatoms. The quantitative estimate of drug-likeness (QED) is 0.876. The van der Waals surface area contributed by atoms with Gasteiger partial charge in [-0.3, -0.25) is 4.79 Å². The van der Waals surface area contributed by atoms with Crippen LogP contribution in [0.15, 0.2) is 66.2 Å². The van der Waals surface area contributed by atoms with Gasteiger partial charge in [0, 0.05) is 0 Å². The van der Waals surface area contributed by atoms with Gasteiger partial charge >= 0.3 is 0 Å². The van der Waals surface area contributed by atoms with Gasteiger partial charge in [-0.15, -0.1) is 0 Å². The lowest BCUT2D eigenvalue weighted by Crippen LogP contribution is -2.47. The molecule has 1 amide bonds. The Kier molecular flexibility index (Phi) is 4.56. The molecule has 2 aliphatic rings. The van der Waals surface area contributed by atoms with Crippen LogP contribution in [-0.2, 0) is 10.3 Å². The molecule has 1 atom stereocenters. The third-order valence-electron chi connectivity index (χ3n) is 5.86. The highest BCUT2D eigenvalue weighted by Gasteiger charge is 2.54. The van der Waals surface area contributed by atoms with E-state index in [2.05, 4.69) is 6.58 Å². The number of hydrogen-bond donors (Lipinski definition) is 1. The maximum absolute atomic E-state index is 13.9. The van der Waals surface area contributed by atoms with Crippen molar-refractivity contribution in [2.75, 3.05) is 4.90 Å². The largest absolute Gasteiger partial charge is 0.369 e. The lowest BCUT2D eigenvalue weighted by molar-refractivity contribution is -0.124. The summed E-state index contributed by atoms with van der Waals surface area (Å²) < 4.78 is 0. The van der Waals surface area contributed by atoms with Crippen LogP contribution in [0.25, 0.3) is 6.08 Å². The molecule has 1 unspecified atom stereocenters. The summed E-state index contributed by atoms with van der Waals surface area (Å²) in [6, 6.07) is 17.6. The first kappa shape index (κ1) is 17.5. The Morgan fingerprint density at radius 2 is 1.70 bits per heavy atom. The lowest BCUT2D eigenvalue weighted by Gasteiger charge is -2.36. The molecule has 0 saturated heterocycles. The second-order valence-electron chi connectivity index (χ2n) is 7.34. The molecule has 27 heavy (non-hydrogen) atoms. The van der Waals surface area contributed by atoms with Gasteiger partial charge in [0.1, 0.15) is 0 Å². The smallest absolute Gasteiger partial charge is 0.266 e. The minimum Gasteiger partial charge on any atom is -0.369 e. The summed E-state index contributed by atoms with van der Waals surface area (Å²) in [5.41, 5.74) is 7.98. The SMILES string of the molecule is C=Cc1ccccc1N1C(=O)C(c2ccccc2)(C2CCCCC2)N=C1N. The Morgan fingerprint density at radius 3 is 2.41 bits per heavy atom. The fourth-order valence-electron chi connectivity index (χ4n) is 4.55. The normalized spacial score (nSPS) is 23.3. The molecular formula is C23H25N3O. The fourth-order valence-corrected chi connectivity index (χ4v) is 4.55. The summed E-state index contributed by atoms with van der Waals surface area (Å²) in [4.78, 5) is 20.3. The molecule has 138 valence electrons. The van der Waals surface area contributed by atoms with Gasteiger partial charge in [0.2, 0.25) is 5.96 Å². The first-order valence-corrected chi connectivity index (χ1v) is 9.65. The summed E-state index contributed by atoms with van der Waals surface area (Å²) in [5, 5.41) is 0. The Labute approximate surface area is 160 Å². The Morgan fingerprint density at radius 1 is 1.04 bits per heavy atom. The number of benzene rings is 2. The zero-order chi connectivity index (χ0) is 18.9. The standard InChI is InChI=1S/C23H25N3O/c1-2-17-11-9-10-16-20(17)26-21(27)23(25-22(26)24,18-12-5-3-6-13-18)19-14-7-4-8-15-19/h2-3,5-6,9-13,16,19H,1,4,7-8,14-15H2,(H2,24,25). The number of hydrogen-bond acceptors (Lipinski definition) is 3. The van der Waals surface area contributed by atoms with Crippen molar-refractivity contribution in [3.63, 3.8) is 0 Å². The highest BCUT2D eigenvalue weighted by Crippen LogP contribution is 2.47. The van der Waals surface area contributed by atoms with Crippen LogP contribution in [0, 0.1) is 5.92 Å². The second-order valence-corrected chi connectivity index (χ2v) is 7.34. The van der Waals surface area contributed by atoms with E-state index >= 15 is 0 Å². The second kappa shape index (κ2) is 7.03. The molecule has 1 heterocycles. The number of amides is 1. The van der Waals surface area contributed by atoms with Gasteiger partial charge in [0.05, 0.1) is 5.69 Å². The summed E-state index contributed by atoms with van der Waals surface area (Å²) in [5.74, 6) is 0.386. The summed E-state index contributed by atoms with van der Waals surface area (Å²) in [6.45, 7) is 3.88. The van der Waals surface area contributed by atoms with Crippen molar-refractivity contribution in [1.29, 1.82) is 0 Å². The molecule has 2 N–H and O–H groups in total. The van der Waals surface area contributed by atoms with Crippen LogP contribution in [0.2, 0.25) is 0 Å². The number of carbonyl (C=O) groups is 1. The fraction of sp³-hybridized carbons (Fsp3) is 0.304. The summed E-state index contributed by atoms with van der Waals surface area (Å²) >= 11 is 0. The van der Waals surface area contributed by atoms with Crippen LogP contribution in [0.4, 0.5) is 5.69 Å². The number of rotatable bonds is 4. The molecular weight excluding hydrogens is 334 g/mol. The van der Waals surface area contributed by atoms with Gasteiger partial charge in [0.25, 0.3) is 5.91 Å². The third kappa shape index (κ3) is 2.76. The van der Waals surface area contributed by atoms with Gasteiger partial charge in [-0.25, -0.2) is 9.89 Å². The van der Waals surface area contributed by atoms with Gasteiger partial charge in [-0.1, -0.05) is 80.4 Å². The average molecular weight is 359 g/mol. The molecule has 0 bridgehead atoms. The van der Waals surface area contributed by atoms with E-state index in [4.69, 9.17) is 10.7 Å². The van der Waals surface area contributed by atoms with E-state index in [9.17, 15) is 4.79 Å². The number of anilines is 1. The number of para-hydroxylation sites is 1. The van der Waals surface area contributed by atoms with Crippen molar-refractivity contribution in [1.82, 2.24) is 0 Å². The Balaban J connectivity index is 1.86. The average Bonchev–Trinajstić information content (AvgIpc) is 3.00. The van der Waals surface area contributed by atoms with Crippen molar-refractivity contribution in [3.05, 3.63) is 72.3 Å². The van der Waals surface area contributed by atoms with Gasteiger partial charge < -0.3 is 5.73 Å². The number of nitrogens with zero attached hydrogens (tertiary/aromatic N) is 2. The summed E-state index contributed by atoms with van der Waals surface area (Å²) in [6.07, 6.45) is 7.22. The van der Waals surface area contributed by atoms with Crippen molar-refractivity contribution in [2.45, 2.75) is 37.6 Å². The van der Waals surface area contributed by atoms with Crippen LogP contribution in [0.5, 0.6) is 0 Å². The van der Waals surface area contributed by atoms with E-state index in [0.29, 0.717) is 0 Å². The molecule has 0 aromatic heterocycles. The van der Waals surface area contributed by atoms with E-state index in [1.54, 1.807) is 11.0 Å². The Bertz CT molecular complexity index is 884. The first-order valence-electron chi connectivity index (χ1n) is 9.65. The van der Waals surface area contributed by atoms with Crippen LogP contribution >= 0.6 is 0 Å². The molecule has 1 fully saturated rings. The molecule has 2 aromatic rings. The lowest BCUT2D eigenvalue weighted by atomic mass is 9.71. The topological polar surface area (TPSA) is 58.7 Å². The molecule has 2 aromatic carbocycles. The van der Waals surface area contributed by atoms with E-state index in [1.165, 1.54) is 6.42 Å². The number of aliphatic imine (C=N–C) groups is 1. The minimum absolute atomic E-state index is 0.0487. The van der Waals surface area contributed by atoms with Crippen molar-refractivity contribution in [3.8, 4) is 0 Å². The first-order chi connectivity index (χ1) is 13.2. The van der Waals surface area contributed by atoms with Crippen molar-refractivity contribution in [2.24, 2.45) is 16.6 Å². The molecule has 4 rings (SSSR count). The highest BCUT2D eigenvalue weighted by atomic mass is 16.2. The molecule has 1 aliphatic heterocycles. The predicted octanol–water partition coefficient (Wildman–Crippen LogP) is 4.47. The zero-order valence-electron chi connectivity index (χ0n) is 15.5. The number of nitrogens with two attached hydrogens (primary N) is 1. The molecule has 0 radical (unpaired) electrons. The van der Waals surface area contributed by atoms with E-state index in [0.717, 1.165) is 42.5 Å². The van der Waals surface area contributed by atoms with Crippen LogP contribution in [-0.4, -0.2) is 11.9 Å². The number of carbonyl (C=O) groups excluding carboxylic acids is 1. The molecule has 4 nitrogen and oxygen atoms in total. The zero-order valence-corrected chi connectivity index (χ0v) is 15.5. The van der Waals surface area contributed by atoms with Gasteiger partial charge in [0.15, 0.2) is 5.54 Å². The molecule has 0 spiro atoms. The predicted molar refractivity (Wildman–Crippen MR) is 110 cm³/mol. The highest BCUT2D eigenvalue weighted by molar-refractivity contribution is 6.24. The van der Waals surface area contributed by atoms with Crippen LogP contribution < -0.4 is 10.6 Å². The monoisotopic (exact) mass is 359 g/mol. The maximum Gasteiger partial charge on any atom is 0.266 e. The Hall–Kier alpha value is -2.88. The van der Waals surface area contributed by atoms with E-state index in [-0.39, 0.29) is 17.8 Å². The van der Waals surface area contributed by atoms with Gasteiger partial charge in [-0.05, 0) is 36.0 Å². The van der Waals surface area contributed by atoms with Crippen LogP contribution in [0.3, 0.4) is 0 Å². The van der Waals surface area contributed by atoms with E-state index in [1.807, 2.05) is 54.6 Å². The van der Waals surface area contributed by atoms with E-state index < -0.39 is 5.54 Å². The minimum atomic E-state index is -0.931. The maximum atomic E-state index is 13.9. The number of guanidine groups is 1. The van der Waals surface area contributed by atoms with Gasteiger partial charge in [-0.2, -0.15) is 0 Å². The molecule has 1 aliphatic carbocycles. The van der Waals surface area contributed by atoms with Crippen molar-refractivity contribution >= 4 is 23.6 Å². The third-order valence-corrected chi connectivity index (χ3v) is 5.86. The molecule has 1 saturated carbocycles. The van der Waals surface area contributed by atoms with Crippen molar-refractivity contribution < 1.29 is 4.79 Å². The summed E-state index contributed by atoms with van der Waals surface area (Å²) in [7, 11) is 0. The van der Waals surface area contributed by atoms with Crippen LogP contribution in [0.1, 0.15) is 43.2 Å².